The molecule has 86 valence electrons. The minimum absolute atomic E-state index is 0.882. The maximum absolute atomic E-state index is 4.29. The number of nitrogens with one attached hydrogen (secondary N) is 1. The van der Waals surface area contributed by atoms with E-state index in [1.54, 1.807) is 0 Å². The van der Waals surface area contributed by atoms with Crippen LogP contribution in [0.3, 0.4) is 0 Å². The lowest BCUT2D eigenvalue weighted by molar-refractivity contribution is 0.921. The summed E-state index contributed by atoms with van der Waals surface area (Å²) < 4.78 is 2.92. The summed E-state index contributed by atoms with van der Waals surface area (Å²) in [5.74, 6) is 0. The number of fused-ring (bicyclic) bond motifs is 1. The second-order valence-corrected chi connectivity index (χ2v) is 4.92. The van der Waals surface area contributed by atoms with Crippen molar-refractivity contribution in [1.82, 2.24) is 14.5 Å². The Morgan fingerprint density at radius 3 is 2.76 bits per heavy atom. The minimum atomic E-state index is 0.882. The molecule has 0 unspecified atom stereocenters. The largest absolute Gasteiger partial charge is 0.358 e. The lowest BCUT2D eigenvalue weighted by Crippen LogP contribution is -1.90. The lowest BCUT2D eigenvalue weighted by Gasteiger charge is -2.03. The number of nitrogens with zero attached hydrogens (tertiary/aromatic N) is 2. The molecule has 0 spiro atoms. The van der Waals surface area contributed by atoms with Gasteiger partial charge in [-0.05, 0) is 28.9 Å². The second-order valence-electron chi connectivity index (χ2n) is 4.17. The number of aromatic nitrogens is 3. The van der Waals surface area contributed by atoms with Crippen LogP contribution >= 0.6 is 15.9 Å². The van der Waals surface area contributed by atoms with Crippen molar-refractivity contribution in [3.05, 3.63) is 40.9 Å². The predicted octanol–water partition coefficient (Wildman–Crippen LogP) is 3.64. The van der Waals surface area contributed by atoms with E-state index in [1.807, 2.05) is 24.0 Å². The first-order chi connectivity index (χ1) is 8.18. The standard InChI is InChI=1S/C13H12BrN3/c1-8-11(12-13(14)15-7-17(12)2)9-5-3-4-6-10(9)16-8/h3-7,16H,1-2H3. The maximum Gasteiger partial charge on any atom is 0.132 e. The number of hydrogen-bond donors (Lipinski definition) is 1. The highest BCUT2D eigenvalue weighted by Crippen LogP contribution is 2.35. The van der Waals surface area contributed by atoms with Gasteiger partial charge in [-0.2, -0.15) is 0 Å². The third-order valence-electron chi connectivity index (χ3n) is 3.02. The molecular weight excluding hydrogens is 278 g/mol. The van der Waals surface area contributed by atoms with Gasteiger partial charge in [-0.15, -0.1) is 0 Å². The number of para-hydroxylation sites is 1. The fourth-order valence-electron chi connectivity index (χ4n) is 2.26. The second kappa shape index (κ2) is 3.74. The van der Waals surface area contributed by atoms with Gasteiger partial charge in [0, 0.05) is 29.2 Å². The van der Waals surface area contributed by atoms with Crippen molar-refractivity contribution in [2.75, 3.05) is 0 Å². The third kappa shape index (κ3) is 1.52. The highest BCUT2D eigenvalue weighted by molar-refractivity contribution is 9.10. The quantitative estimate of drug-likeness (QED) is 0.729. The molecule has 3 aromatic rings. The zero-order valence-electron chi connectivity index (χ0n) is 9.66. The van der Waals surface area contributed by atoms with Crippen molar-refractivity contribution < 1.29 is 0 Å². The Morgan fingerprint density at radius 1 is 1.29 bits per heavy atom. The molecular formula is C13H12BrN3. The molecule has 1 aromatic carbocycles. The molecule has 2 aromatic heterocycles. The first-order valence-electron chi connectivity index (χ1n) is 5.43. The van der Waals surface area contributed by atoms with Crippen molar-refractivity contribution in [2.45, 2.75) is 6.92 Å². The van der Waals surface area contributed by atoms with Crippen LogP contribution in [0.25, 0.3) is 22.2 Å². The summed E-state index contributed by atoms with van der Waals surface area (Å²) in [5, 5.41) is 1.23. The number of H-pyrrole nitrogens is 1. The summed E-state index contributed by atoms with van der Waals surface area (Å²) in [6, 6.07) is 8.33. The number of aryl methyl sites for hydroxylation is 2. The lowest BCUT2D eigenvalue weighted by atomic mass is 10.1. The van der Waals surface area contributed by atoms with Gasteiger partial charge in [-0.25, -0.2) is 4.98 Å². The Labute approximate surface area is 108 Å². The van der Waals surface area contributed by atoms with Crippen LogP contribution in [0.1, 0.15) is 5.69 Å². The molecule has 0 bridgehead atoms. The molecule has 0 aliphatic carbocycles. The van der Waals surface area contributed by atoms with Crippen LogP contribution in [-0.4, -0.2) is 14.5 Å². The first-order valence-corrected chi connectivity index (χ1v) is 6.22. The highest BCUT2D eigenvalue weighted by atomic mass is 79.9. The average molecular weight is 290 g/mol. The molecule has 0 fully saturated rings. The number of imidazole rings is 1. The molecule has 0 radical (unpaired) electrons. The van der Waals surface area contributed by atoms with Crippen LogP contribution in [0.2, 0.25) is 0 Å². The van der Waals surface area contributed by atoms with Gasteiger partial charge in [0.1, 0.15) is 4.60 Å². The summed E-state index contributed by atoms with van der Waals surface area (Å²) in [4.78, 5) is 7.69. The number of benzene rings is 1. The topological polar surface area (TPSA) is 33.6 Å². The zero-order valence-corrected chi connectivity index (χ0v) is 11.2. The van der Waals surface area contributed by atoms with Crippen molar-refractivity contribution in [1.29, 1.82) is 0 Å². The molecule has 0 amide bonds. The van der Waals surface area contributed by atoms with Crippen LogP contribution in [0.5, 0.6) is 0 Å². The van der Waals surface area contributed by atoms with Gasteiger partial charge in [0.2, 0.25) is 0 Å². The molecule has 0 atom stereocenters. The zero-order chi connectivity index (χ0) is 12.0. The number of halogens is 1. The van der Waals surface area contributed by atoms with Gasteiger partial charge < -0.3 is 9.55 Å². The van der Waals surface area contributed by atoms with Crippen LogP contribution in [0.15, 0.2) is 35.2 Å². The minimum Gasteiger partial charge on any atom is -0.358 e. The van der Waals surface area contributed by atoms with E-state index in [2.05, 4.69) is 51.0 Å². The fraction of sp³-hybridized carbons (Fsp3) is 0.154. The van der Waals surface area contributed by atoms with E-state index in [-0.39, 0.29) is 0 Å². The van der Waals surface area contributed by atoms with E-state index >= 15 is 0 Å². The highest BCUT2D eigenvalue weighted by Gasteiger charge is 2.16. The Hall–Kier alpha value is -1.55. The number of aromatic amines is 1. The molecule has 0 saturated heterocycles. The predicted molar refractivity (Wildman–Crippen MR) is 72.9 cm³/mol. The van der Waals surface area contributed by atoms with Crippen LogP contribution in [0.4, 0.5) is 0 Å². The van der Waals surface area contributed by atoms with Gasteiger partial charge >= 0.3 is 0 Å². The summed E-state index contributed by atoms with van der Waals surface area (Å²) in [7, 11) is 2.01. The van der Waals surface area contributed by atoms with E-state index in [1.165, 1.54) is 10.9 Å². The molecule has 4 heteroatoms. The molecule has 0 saturated carbocycles. The van der Waals surface area contributed by atoms with Crippen LogP contribution in [-0.2, 0) is 7.05 Å². The molecule has 3 nitrogen and oxygen atoms in total. The molecule has 1 N–H and O–H groups in total. The molecule has 0 aliphatic rings. The molecule has 17 heavy (non-hydrogen) atoms. The number of hydrogen-bond acceptors (Lipinski definition) is 1. The van der Waals surface area contributed by atoms with E-state index in [9.17, 15) is 0 Å². The van der Waals surface area contributed by atoms with Gasteiger partial charge in [0.15, 0.2) is 0 Å². The fourth-order valence-corrected chi connectivity index (χ4v) is 2.83. The molecule has 3 rings (SSSR count). The Bertz CT molecular complexity index is 674. The van der Waals surface area contributed by atoms with E-state index in [0.29, 0.717) is 0 Å². The van der Waals surface area contributed by atoms with Gasteiger partial charge in [-0.1, -0.05) is 18.2 Å². The monoisotopic (exact) mass is 289 g/mol. The smallest absolute Gasteiger partial charge is 0.132 e. The summed E-state index contributed by atoms with van der Waals surface area (Å²) in [6.45, 7) is 2.09. The van der Waals surface area contributed by atoms with Crippen LogP contribution < -0.4 is 0 Å². The van der Waals surface area contributed by atoms with Crippen molar-refractivity contribution in [3.63, 3.8) is 0 Å². The van der Waals surface area contributed by atoms with Crippen molar-refractivity contribution in [2.24, 2.45) is 7.05 Å². The van der Waals surface area contributed by atoms with Crippen molar-refractivity contribution in [3.8, 4) is 11.3 Å². The van der Waals surface area contributed by atoms with Crippen LogP contribution in [0, 0.1) is 6.92 Å². The summed E-state index contributed by atoms with van der Waals surface area (Å²) >= 11 is 3.51. The molecule has 2 heterocycles. The summed E-state index contributed by atoms with van der Waals surface area (Å²) in [6.07, 6.45) is 1.82. The van der Waals surface area contributed by atoms with E-state index < -0.39 is 0 Å². The number of rotatable bonds is 1. The Morgan fingerprint density at radius 2 is 2.06 bits per heavy atom. The van der Waals surface area contributed by atoms with Crippen molar-refractivity contribution >= 4 is 26.8 Å². The van der Waals surface area contributed by atoms with Gasteiger partial charge in [0.05, 0.1) is 12.0 Å². The Kier molecular flexibility index (Phi) is 2.33. The van der Waals surface area contributed by atoms with E-state index in [0.717, 1.165) is 21.5 Å². The maximum atomic E-state index is 4.29. The SMILES string of the molecule is Cc1[nH]c2ccccc2c1-c1c(Br)ncn1C. The van der Waals surface area contributed by atoms with Gasteiger partial charge in [-0.3, -0.25) is 0 Å². The first kappa shape index (κ1) is 10.6. The van der Waals surface area contributed by atoms with Gasteiger partial charge in [0.25, 0.3) is 0 Å². The third-order valence-corrected chi connectivity index (χ3v) is 3.60. The average Bonchev–Trinajstić information content (AvgIpc) is 2.79. The summed E-state index contributed by atoms with van der Waals surface area (Å²) in [5.41, 5.74) is 4.65. The molecule has 0 aliphatic heterocycles. The Balaban J connectivity index is 2.41. The van der Waals surface area contributed by atoms with E-state index in [4.69, 9.17) is 0 Å². The normalized spacial score (nSPS) is 11.2.